The highest BCUT2D eigenvalue weighted by Crippen LogP contribution is 2.29. The number of rotatable bonds is 8. The van der Waals surface area contributed by atoms with E-state index in [9.17, 15) is 23.5 Å². The second-order valence-electron chi connectivity index (χ2n) is 7.81. The number of alkyl halides is 2. The number of halogens is 3. The first-order valence-corrected chi connectivity index (χ1v) is 11.1. The van der Waals surface area contributed by atoms with Crippen molar-refractivity contribution in [3.63, 3.8) is 0 Å². The van der Waals surface area contributed by atoms with Crippen LogP contribution in [-0.2, 0) is 22.0 Å². The zero-order chi connectivity index (χ0) is 24.1. The molecule has 2 aromatic rings. The number of benzene rings is 1. The molecule has 2 N–H and O–H groups in total. The summed E-state index contributed by atoms with van der Waals surface area (Å²) >= 11 is 4.36. The van der Waals surface area contributed by atoms with Crippen molar-refractivity contribution in [1.82, 2.24) is 10.3 Å². The number of hydrogen-bond donors (Lipinski definition) is 2. The lowest BCUT2D eigenvalue weighted by molar-refractivity contribution is -0.231. The number of amides is 2. The number of ether oxygens (including phenoxy) is 2. The summed E-state index contributed by atoms with van der Waals surface area (Å²) in [5.74, 6) is 0. The summed E-state index contributed by atoms with van der Waals surface area (Å²) in [5.41, 5.74) is -0.470. The zero-order valence-electron chi connectivity index (χ0n) is 17.9. The number of aromatic nitrogens is 1. The Kier molecular flexibility index (Phi) is 8.54. The normalized spacial score (nSPS) is 12.8. The van der Waals surface area contributed by atoms with Crippen LogP contribution in [0.5, 0.6) is 0 Å². The Balaban J connectivity index is 2.25. The summed E-state index contributed by atoms with van der Waals surface area (Å²) in [6.07, 6.45) is -3.77. The first-order chi connectivity index (χ1) is 14.8. The van der Waals surface area contributed by atoms with Crippen LogP contribution in [0.4, 0.5) is 23.5 Å². The molecule has 2 amide bonds. The van der Waals surface area contributed by atoms with Gasteiger partial charge in [-0.25, -0.2) is 14.6 Å². The molecule has 1 heterocycles. The molecule has 1 aromatic carbocycles. The van der Waals surface area contributed by atoms with Crippen LogP contribution in [0.1, 0.15) is 31.9 Å². The van der Waals surface area contributed by atoms with Gasteiger partial charge in [0, 0.05) is 7.11 Å². The lowest BCUT2D eigenvalue weighted by Gasteiger charge is -2.27. The van der Waals surface area contributed by atoms with Crippen molar-refractivity contribution in [3.05, 3.63) is 45.4 Å². The fourth-order valence-electron chi connectivity index (χ4n) is 2.70. The molecule has 1 aromatic heterocycles. The van der Waals surface area contributed by atoms with E-state index in [-0.39, 0.29) is 23.7 Å². The molecule has 0 unspecified atom stereocenters. The third kappa shape index (κ3) is 7.68. The maximum atomic E-state index is 13.7. The minimum atomic E-state index is -3.43. The quantitative estimate of drug-likeness (QED) is 0.480. The third-order valence-corrected chi connectivity index (χ3v) is 5.58. The number of carbonyl (C=O) groups is 2. The van der Waals surface area contributed by atoms with Crippen LogP contribution < -0.4 is 10.2 Å². The van der Waals surface area contributed by atoms with Gasteiger partial charge in [-0.05, 0) is 48.7 Å². The lowest BCUT2D eigenvalue weighted by Crippen LogP contribution is -2.48. The molecule has 0 radical (unpaired) electrons. The Morgan fingerprint density at radius 3 is 2.38 bits per heavy atom. The smallest absolute Gasteiger partial charge is 0.413 e. The molecular formula is C20H24BrF2N3O5S. The van der Waals surface area contributed by atoms with Gasteiger partial charge in [0.1, 0.15) is 5.60 Å². The van der Waals surface area contributed by atoms with Crippen molar-refractivity contribution in [1.29, 1.82) is 0 Å². The highest BCUT2D eigenvalue weighted by atomic mass is 79.9. The van der Waals surface area contributed by atoms with Gasteiger partial charge >= 0.3 is 18.3 Å². The number of carboxylic acid groups (broad SMARTS) is 1. The fourth-order valence-corrected chi connectivity index (χ4v) is 3.89. The molecule has 0 bridgehead atoms. The summed E-state index contributed by atoms with van der Waals surface area (Å²) in [6.45, 7) is 4.97. The number of nitrogens with one attached hydrogen (secondary N) is 1. The maximum Gasteiger partial charge on any atom is 0.413 e. The summed E-state index contributed by atoms with van der Waals surface area (Å²) in [6, 6.07) is 4.65. The molecule has 176 valence electrons. The van der Waals surface area contributed by atoms with Gasteiger partial charge in [-0.15, -0.1) is 0 Å². The van der Waals surface area contributed by atoms with E-state index in [1.807, 2.05) is 0 Å². The van der Waals surface area contributed by atoms with Gasteiger partial charge in [0.05, 0.1) is 28.1 Å². The number of nitrogens with zero attached hydrogens (tertiary/aromatic N) is 2. The van der Waals surface area contributed by atoms with Crippen LogP contribution in [0.25, 0.3) is 0 Å². The number of alkyl carbamates (subject to hydrolysis) is 1. The van der Waals surface area contributed by atoms with Crippen molar-refractivity contribution >= 4 is 44.6 Å². The van der Waals surface area contributed by atoms with Crippen LogP contribution in [0.15, 0.2) is 34.2 Å². The number of hydrogen-bond acceptors (Lipinski definition) is 6. The van der Waals surface area contributed by atoms with Gasteiger partial charge < -0.3 is 19.9 Å². The molecule has 0 fully saturated rings. The van der Waals surface area contributed by atoms with Gasteiger partial charge in [0.15, 0.2) is 5.13 Å². The molecule has 12 heteroatoms. The Labute approximate surface area is 196 Å². The second-order valence-corrected chi connectivity index (χ2v) is 10.2. The standard InChI is InChI=1S/C20H24BrF2N3O5S/c1-19(2,3)31-17(27)25-14(11-26(18(28)29)16-24-10-15(21)32-16)9-12-5-7-13(8-6-12)20(22,23)30-4/h5-8,10,14H,9,11H2,1-4H3,(H,25,27)(H,28,29)/t14-/m0/s1. The van der Waals surface area contributed by atoms with E-state index in [1.54, 1.807) is 20.8 Å². The molecule has 0 spiro atoms. The highest BCUT2D eigenvalue weighted by Gasteiger charge is 2.31. The average Bonchev–Trinajstić information content (AvgIpc) is 3.10. The van der Waals surface area contributed by atoms with E-state index in [2.05, 4.69) is 31.0 Å². The molecule has 0 saturated carbocycles. The third-order valence-electron chi connectivity index (χ3n) is 4.08. The van der Waals surface area contributed by atoms with E-state index < -0.39 is 29.9 Å². The predicted octanol–water partition coefficient (Wildman–Crippen LogP) is 5.22. The van der Waals surface area contributed by atoms with Gasteiger partial charge in [-0.1, -0.05) is 35.6 Å². The Bertz CT molecular complexity index is 934. The summed E-state index contributed by atoms with van der Waals surface area (Å²) in [5, 5.41) is 12.5. The SMILES string of the molecule is COC(F)(F)c1ccc(C[C@@H](CN(C(=O)O)c2ncc(Br)s2)NC(=O)OC(C)(C)C)cc1. The van der Waals surface area contributed by atoms with Gasteiger partial charge in [0.25, 0.3) is 0 Å². The maximum absolute atomic E-state index is 13.7. The first-order valence-electron chi connectivity index (χ1n) is 9.44. The van der Waals surface area contributed by atoms with Crippen LogP contribution in [-0.4, -0.2) is 47.6 Å². The van der Waals surface area contributed by atoms with Crippen LogP contribution >= 0.6 is 27.3 Å². The van der Waals surface area contributed by atoms with Crippen molar-refractivity contribution < 1.29 is 33.0 Å². The van der Waals surface area contributed by atoms with E-state index in [1.165, 1.54) is 30.5 Å². The molecule has 1 atom stereocenters. The van der Waals surface area contributed by atoms with Crippen LogP contribution in [0.2, 0.25) is 0 Å². The summed E-state index contributed by atoms with van der Waals surface area (Å²) in [7, 11) is 0.909. The average molecular weight is 536 g/mol. The van der Waals surface area contributed by atoms with Crippen molar-refractivity contribution in [2.75, 3.05) is 18.6 Å². The monoisotopic (exact) mass is 535 g/mol. The van der Waals surface area contributed by atoms with Crippen molar-refractivity contribution in [3.8, 4) is 0 Å². The fraction of sp³-hybridized carbons (Fsp3) is 0.450. The number of methoxy groups -OCH3 is 1. The first kappa shape index (κ1) is 25.9. The van der Waals surface area contributed by atoms with E-state index in [4.69, 9.17) is 4.74 Å². The number of carbonyl (C=O) groups excluding carboxylic acids is 1. The number of anilines is 1. The predicted molar refractivity (Wildman–Crippen MR) is 119 cm³/mol. The minimum Gasteiger partial charge on any atom is -0.465 e. The molecule has 32 heavy (non-hydrogen) atoms. The second kappa shape index (κ2) is 10.5. The molecule has 0 aliphatic carbocycles. The lowest BCUT2D eigenvalue weighted by atomic mass is 10.0. The van der Waals surface area contributed by atoms with Gasteiger partial charge in [-0.2, -0.15) is 8.78 Å². The van der Waals surface area contributed by atoms with Crippen molar-refractivity contribution in [2.24, 2.45) is 0 Å². The van der Waals surface area contributed by atoms with E-state index in [0.29, 0.717) is 9.35 Å². The summed E-state index contributed by atoms with van der Waals surface area (Å²) < 4.78 is 37.5. The molecule has 2 rings (SSSR count). The summed E-state index contributed by atoms with van der Waals surface area (Å²) in [4.78, 5) is 29.2. The molecule has 0 aliphatic rings. The van der Waals surface area contributed by atoms with E-state index >= 15 is 0 Å². The highest BCUT2D eigenvalue weighted by molar-refractivity contribution is 9.11. The van der Waals surface area contributed by atoms with E-state index in [0.717, 1.165) is 23.3 Å². The zero-order valence-corrected chi connectivity index (χ0v) is 20.3. The minimum absolute atomic E-state index is 0.134. The Morgan fingerprint density at radius 1 is 1.28 bits per heavy atom. The van der Waals surface area contributed by atoms with Gasteiger partial charge in [0.2, 0.25) is 0 Å². The van der Waals surface area contributed by atoms with Crippen LogP contribution in [0, 0.1) is 0 Å². The molecule has 0 aliphatic heterocycles. The largest absolute Gasteiger partial charge is 0.465 e. The van der Waals surface area contributed by atoms with Crippen LogP contribution in [0.3, 0.4) is 0 Å². The Morgan fingerprint density at radius 2 is 1.91 bits per heavy atom. The topological polar surface area (TPSA) is 101 Å². The molecule has 0 saturated heterocycles. The Hall–Kier alpha value is -2.31. The molecule has 8 nitrogen and oxygen atoms in total. The number of thiazole rings is 1. The van der Waals surface area contributed by atoms with Gasteiger partial charge in [-0.3, -0.25) is 4.90 Å². The van der Waals surface area contributed by atoms with Crippen molar-refractivity contribution in [2.45, 2.75) is 44.9 Å². The molecular weight excluding hydrogens is 512 g/mol.